The van der Waals surface area contributed by atoms with Gasteiger partial charge in [-0.05, 0) is 46.5 Å². The second kappa shape index (κ2) is 9.22. The molecule has 0 aliphatic rings. The lowest BCUT2D eigenvalue weighted by molar-refractivity contribution is 0.613. The minimum absolute atomic E-state index is 0.255. The van der Waals surface area contributed by atoms with E-state index in [1.165, 1.54) is 10.6 Å². The summed E-state index contributed by atoms with van der Waals surface area (Å²) in [6.07, 6.45) is 6.76. The topological polar surface area (TPSA) is 94.3 Å². The fraction of sp³-hybridized carbons (Fsp3) is 0.160. The molecule has 170 valence electrons. The van der Waals surface area contributed by atoms with Crippen LogP contribution in [0.2, 0.25) is 0 Å². The summed E-state index contributed by atoms with van der Waals surface area (Å²) in [6.45, 7) is 2.45. The molecule has 3 aromatic heterocycles. The van der Waals surface area contributed by atoms with Crippen LogP contribution in [0.25, 0.3) is 28.2 Å². The predicted molar refractivity (Wildman–Crippen MR) is 126 cm³/mol. The van der Waals surface area contributed by atoms with Gasteiger partial charge in [0.15, 0.2) is 0 Å². The number of tetrazole rings is 1. The molecular formula is C25H22FN7O. The van der Waals surface area contributed by atoms with E-state index in [9.17, 15) is 9.18 Å². The third-order valence-corrected chi connectivity index (χ3v) is 5.69. The summed E-state index contributed by atoms with van der Waals surface area (Å²) in [5.41, 5.74) is 4.50. The van der Waals surface area contributed by atoms with Gasteiger partial charge >= 0.3 is 5.69 Å². The maximum Gasteiger partial charge on any atom is 0.333 e. The van der Waals surface area contributed by atoms with Crippen molar-refractivity contribution < 1.29 is 4.39 Å². The highest BCUT2D eigenvalue weighted by Gasteiger charge is 2.16. The van der Waals surface area contributed by atoms with Crippen LogP contribution in [0.4, 0.5) is 4.39 Å². The number of pyridine rings is 1. The molecule has 2 aromatic carbocycles. The molecule has 9 heteroatoms. The summed E-state index contributed by atoms with van der Waals surface area (Å²) in [5.74, 6) is 0.0429. The third kappa shape index (κ3) is 4.03. The molecule has 3 heterocycles. The summed E-state index contributed by atoms with van der Waals surface area (Å²) < 4.78 is 17.5. The van der Waals surface area contributed by atoms with E-state index in [1.807, 2.05) is 30.3 Å². The molecule has 0 aliphatic heterocycles. The van der Waals surface area contributed by atoms with E-state index in [4.69, 9.17) is 0 Å². The van der Waals surface area contributed by atoms with E-state index >= 15 is 0 Å². The number of nitrogens with one attached hydrogen (secondary N) is 1. The molecule has 0 bridgehead atoms. The molecule has 0 saturated heterocycles. The van der Waals surface area contributed by atoms with Gasteiger partial charge in [-0.1, -0.05) is 49.7 Å². The maximum absolute atomic E-state index is 14.4. The van der Waals surface area contributed by atoms with Crippen LogP contribution >= 0.6 is 0 Å². The van der Waals surface area contributed by atoms with Crippen LogP contribution < -0.4 is 5.69 Å². The Morgan fingerprint density at radius 3 is 2.59 bits per heavy atom. The summed E-state index contributed by atoms with van der Waals surface area (Å²) in [6, 6.07) is 16.2. The van der Waals surface area contributed by atoms with E-state index in [0.29, 0.717) is 12.4 Å². The third-order valence-electron chi connectivity index (χ3n) is 5.69. The molecule has 0 atom stereocenters. The highest BCUT2D eigenvalue weighted by molar-refractivity contribution is 5.79. The minimum atomic E-state index is -0.427. The normalized spacial score (nSPS) is 11.1. The SMILES string of the molecule is CCCc1cn(-c2ccccc2F)c(=O)n1Cc1ccc(-c2ccncc2-c2nn[nH]n2)cc1. The number of hydrogen-bond donors (Lipinski definition) is 1. The van der Waals surface area contributed by atoms with Gasteiger partial charge in [-0.15, -0.1) is 10.2 Å². The second-order valence-electron chi connectivity index (χ2n) is 7.91. The van der Waals surface area contributed by atoms with Gasteiger partial charge in [-0.3, -0.25) is 14.1 Å². The van der Waals surface area contributed by atoms with Crippen LogP contribution in [0.3, 0.4) is 0 Å². The number of aryl methyl sites for hydroxylation is 1. The highest BCUT2D eigenvalue weighted by Crippen LogP contribution is 2.29. The lowest BCUT2D eigenvalue weighted by atomic mass is 10.00. The number of nitrogens with zero attached hydrogens (tertiary/aromatic N) is 6. The number of rotatable bonds is 7. The van der Waals surface area contributed by atoms with E-state index in [2.05, 4.69) is 32.5 Å². The van der Waals surface area contributed by atoms with Gasteiger partial charge in [0.05, 0.1) is 12.2 Å². The number of benzene rings is 2. The Balaban J connectivity index is 1.48. The molecule has 0 spiro atoms. The highest BCUT2D eigenvalue weighted by atomic mass is 19.1. The van der Waals surface area contributed by atoms with Crippen LogP contribution in [-0.4, -0.2) is 34.7 Å². The van der Waals surface area contributed by atoms with E-state index in [-0.39, 0.29) is 11.4 Å². The standard InChI is InChI=1S/C25H22FN7O/c1-2-5-19-16-33(23-7-4-3-6-22(23)26)25(34)32(19)15-17-8-10-18(11-9-17)20-12-13-27-14-21(20)24-28-30-31-29-24/h3-4,6-14,16H,2,5,15H2,1H3,(H,28,29,30,31). The van der Waals surface area contributed by atoms with Crippen molar-refractivity contribution in [2.75, 3.05) is 0 Å². The number of para-hydroxylation sites is 1. The number of H-pyrrole nitrogens is 1. The Hall–Kier alpha value is -4.40. The number of imidazole rings is 1. The first-order chi connectivity index (χ1) is 16.7. The summed E-state index contributed by atoms with van der Waals surface area (Å²) >= 11 is 0. The zero-order valence-corrected chi connectivity index (χ0v) is 18.5. The van der Waals surface area contributed by atoms with Gasteiger partial charge in [-0.25, -0.2) is 9.18 Å². The average Bonchev–Trinajstić information content (AvgIpc) is 3.50. The van der Waals surface area contributed by atoms with Gasteiger partial charge in [0.1, 0.15) is 5.82 Å². The first-order valence-corrected chi connectivity index (χ1v) is 11.0. The molecule has 0 unspecified atom stereocenters. The Bertz CT molecular complexity index is 1470. The van der Waals surface area contributed by atoms with Crippen LogP contribution in [0, 0.1) is 5.82 Å². The smallest absolute Gasteiger partial charge is 0.292 e. The van der Waals surface area contributed by atoms with Gasteiger partial charge < -0.3 is 0 Å². The Morgan fingerprint density at radius 2 is 1.85 bits per heavy atom. The molecule has 0 fully saturated rings. The zero-order chi connectivity index (χ0) is 23.5. The summed E-state index contributed by atoms with van der Waals surface area (Å²) in [7, 11) is 0. The van der Waals surface area contributed by atoms with Crippen LogP contribution in [0.15, 0.2) is 78.0 Å². The van der Waals surface area contributed by atoms with Crippen molar-refractivity contribution in [1.82, 2.24) is 34.7 Å². The second-order valence-corrected chi connectivity index (χ2v) is 7.91. The molecule has 0 saturated carbocycles. The lowest BCUT2D eigenvalue weighted by Gasteiger charge is -2.09. The lowest BCUT2D eigenvalue weighted by Crippen LogP contribution is -2.25. The van der Waals surface area contributed by atoms with Gasteiger partial charge in [0, 0.05) is 29.8 Å². The van der Waals surface area contributed by atoms with E-state index in [0.717, 1.165) is 40.8 Å². The molecule has 1 N–H and O–H groups in total. The van der Waals surface area contributed by atoms with Gasteiger partial charge in [-0.2, -0.15) is 5.21 Å². The van der Waals surface area contributed by atoms with Crippen LogP contribution in [0.1, 0.15) is 24.6 Å². The average molecular weight is 455 g/mol. The largest absolute Gasteiger partial charge is 0.333 e. The Morgan fingerprint density at radius 1 is 1.03 bits per heavy atom. The van der Waals surface area contributed by atoms with Crippen LogP contribution in [0.5, 0.6) is 0 Å². The minimum Gasteiger partial charge on any atom is -0.292 e. The molecule has 0 radical (unpaired) electrons. The Kier molecular flexibility index (Phi) is 5.82. The number of aromatic nitrogens is 7. The number of aromatic amines is 1. The molecular weight excluding hydrogens is 433 g/mol. The first kappa shape index (κ1) is 21.4. The Labute approximate surface area is 194 Å². The predicted octanol–water partition coefficient (Wildman–Crippen LogP) is 4.02. The van der Waals surface area contributed by atoms with E-state index in [1.54, 1.807) is 41.4 Å². The monoisotopic (exact) mass is 455 g/mol. The quantitative estimate of drug-likeness (QED) is 0.400. The fourth-order valence-corrected chi connectivity index (χ4v) is 4.04. The van der Waals surface area contributed by atoms with Gasteiger partial charge in [0.2, 0.25) is 5.82 Å². The zero-order valence-electron chi connectivity index (χ0n) is 18.5. The molecule has 5 rings (SSSR count). The van der Waals surface area contributed by atoms with Crippen molar-refractivity contribution in [3.63, 3.8) is 0 Å². The molecule has 0 aliphatic carbocycles. The summed E-state index contributed by atoms with van der Waals surface area (Å²) in [4.78, 5) is 17.4. The number of hydrogen-bond acceptors (Lipinski definition) is 5. The first-order valence-electron chi connectivity index (χ1n) is 11.0. The van der Waals surface area contributed by atoms with Gasteiger partial charge in [0.25, 0.3) is 0 Å². The van der Waals surface area contributed by atoms with Crippen molar-refractivity contribution >= 4 is 0 Å². The van der Waals surface area contributed by atoms with Crippen molar-refractivity contribution in [2.24, 2.45) is 0 Å². The fourth-order valence-electron chi connectivity index (χ4n) is 4.04. The van der Waals surface area contributed by atoms with Crippen molar-refractivity contribution in [3.05, 3.63) is 101 Å². The van der Waals surface area contributed by atoms with Crippen molar-refractivity contribution in [1.29, 1.82) is 0 Å². The van der Waals surface area contributed by atoms with Crippen LogP contribution in [-0.2, 0) is 13.0 Å². The van der Waals surface area contributed by atoms with Crippen molar-refractivity contribution in [3.8, 4) is 28.2 Å². The molecule has 0 amide bonds. The summed E-state index contributed by atoms with van der Waals surface area (Å²) in [5, 5.41) is 14.2. The number of halogens is 1. The van der Waals surface area contributed by atoms with Crippen molar-refractivity contribution in [2.45, 2.75) is 26.3 Å². The van der Waals surface area contributed by atoms with E-state index < -0.39 is 5.82 Å². The molecule has 5 aromatic rings. The maximum atomic E-state index is 14.4. The molecule has 8 nitrogen and oxygen atoms in total. The molecule has 34 heavy (non-hydrogen) atoms.